The monoisotopic (exact) mass is 536 g/mol. The van der Waals surface area contributed by atoms with Crippen molar-refractivity contribution < 1.29 is 32.5 Å². The highest BCUT2D eigenvalue weighted by atomic mass is 32.2. The number of carbonyl (C=O) groups is 1. The van der Waals surface area contributed by atoms with Gasteiger partial charge in [-0.2, -0.15) is 24.9 Å². The molecule has 1 aliphatic rings. The van der Waals surface area contributed by atoms with Crippen molar-refractivity contribution in [3.05, 3.63) is 48.0 Å². The summed E-state index contributed by atoms with van der Waals surface area (Å²) in [6.07, 6.45) is 3.46. The maximum atomic E-state index is 13.3. The third kappa shape index (κ3) is 6.07. The minimum atomic E-state index is -4.59. The number of alkyl halides is 3. The lowest BCUT2D eigenvalue weighted by atomic mass is 9.69. The number of aromatic nitrogens is 4. The number of pyridine rings is 2. The molecule has 0 aromatic carbocycles. The quantitative estimate of drug-likeness (QED) is 0.330. The van der Waals surface area contributed by atoms with Gasteiger partial charge in [-0.15, -0.1) is 0 Å². The zero-order chi connectivity index (χ0) is 26.6. The first-order valence-corrected chi connectivity index (χ1v) is 13.0. The van der Waals surface area contributed by atoms with Gasteiger partial charge in [-0.25, -0.2) is 9.97 Å². The zero-order valence-corrected chi connectivity index (χ0v) is 21.2. The van der Waals surface area contributed by atoms with E-state index in [1.807, 2.05) is 13.2 Å². The zero-order valence-electron chi connectivity index (χ0n) is 20.4. The van der Waals surface area contributed by atoms with Gasteiger partial charge in [0.05, 0.1) is 6.61 Å². The Labute approximate surface area is 216 Å². The van der Waals surface area contributed by atoms with E-state index in [-0.39, 0.29) is 24.9 Å². The molecule has 0 unspecified atom stereocenters. The summed E-state index contributed by atoms with van der Waals surface area (Å²) in [5.74, 6) is 0.264. The molecule has 198 valence electrons. The highest BCUT2D eigenvalue weighted by Crippen LogP contribution is 2.41. The van der Waals surface area contributed by atoms with E-state index < -0.39 is 23.3 Å². The van der Waals surface area contributed by atoms with Crippen molar-refractivity contribution in [2.45, 2.75) is 39.1 Å². The van der Waals surface area contributed by atoms with Gasteiger partial charge in [0.1, 0.15) is 24.4 Å². The molecule has 3 aromatic heterocycles. The number of hydrogen-bond donors (Lipinski definition) is 1. The second-order valence-corrected chi connectivity index (χ2v) is 9.93. The Balaban J connectivity index is 1.51. The van der Waals surface area contributed by atoms with Crippen molar-refractivity contribution in [3.63, 3.8) is 0 Å². The number of aliphatic carboxylic acids is 1. The van der Waals surface area contributed by atoms with E-state index in [2.05, 4.69) is 15.0 Å². The van der Waals surface area contributed by atoms with Gasteiger partial charge in [-0.3, -0.25) is 9.78 Å². The van der Waals surface area contributed by atoms with Crippen molar-refractivity contribution in [2.24, 2.45) is 5.41 Å². The van der Waals surface area contributed by atoms with Crippen molar-refractivity contribution in [3.8, 4) is 28.5 Å². The molecule has 0 amide bonds. The van der Waals surface area contributed by atoms with Crippen LogP contribution in [0.25, 0.3) is 22.6 Å². The molecule has 3 aromatic rings. The number of carboxylic acids is 1. The molecular weight excluding hydrogens is 509 g/mol. The van der Waals surface area contributed by atoms with Crippen LogP contribution in [0.2, 0.25) is 0 Å². The van der Waals surface area contributed by atoms with Gasteiger partial charge in [-0.05, 0) is 37.7 Å². The van der Waals surface area contributed by atoms with E-state index in [9.17, 15) is 23.1 Å². The topological polar surface area (TPSA) is 99.4 Å². The van der Waals surface area contributed by atoms with Crippen molar-refractivity contribution in [2.75, 3.05) is 25.2 Å². The minimum Gasteiger partial charge on any atom is -0.481 e. The van der Waals surface area contributed by atoms with E-state index in [4.69, 9.17) is 9.47 Å². The van der Waals surface area contributed by atoms with E-state index in [1.54, 1.807) is 42.4 Å². The molecule has 37 heavy (non-hydrogen) atoms. The number of halogens is 3. The van der Waals surface area contributed by atoms with Crippen LogP contribution in [-0.4, -0.2) is 55.8 Å². The number of thioether (sulfide) groups is 1. The summed E-state index contributed by atoms with van der Waals surface area (Å²) in [4.78, 5) is 24.0. The lowest BCUT2D eigenvalue weighted by Gasteiger charge is -2.36. The van der Waals surface area contributed by atoms with Crippen LogP contribution in [0.1, 0.15) is 30.5 Å². The van der Waals surface area contributed by atoms with Crippen LogP contribution in [-0.2, 0) is 22.4 Å². The maximum absolute atomic E-state index is 13.3. The fraction of sp³-hybridized carbons (Fsp3) is 0.440. The Morgan fingerprint density at radius 3 is 2.59 bits per heavy atom. The summed E-state index contributed by atoms with van der Waals surface area (Å²) in [7, 11) is 0. The van der Waals surface area contributed by atoms with Crippen LogP contribution in [0.4, 0.5) is 13.2 Å². The molecule has 0 aliphatic heterocycles. The summed E-state index contributed by atoms with van der Waals surface area (Å²) >= 11 is 1.58. The van der Waals surface area contributed by atoms with Gasteiger partial charge in [0, 0.05) is 41.5 Å². The average Bonchev–Trinajstić information content (AvgIpc) is 3.26. The smallest absolute Gasteiger partial charge is 0.434 e. The molecule has 0 spiro atoms. The van der Waals surface area contributed by atoms with Gasteiger partial charge in [-0.1, -0.05) is 12.5 Å². The van der Waals surface area contributed by atoms with Gasteiger partial charge in [0.15, 0.2) is 11.5 Å². The van der Waals surface area contributed by atoms with Gasteiger partial charge in [0.2, 0.25) is 5.88 Å². The minimum absolute atomic E-state index is 0.0602. The van der Waals surface area contributed by atoms with Crippen LogP contribution in [0.3, 0.4) is 0 Å². The van der Waals surface area contributed by atoms with Gasteiger partial charge < -0.3 is 19.1 Å². The lowest BCUT2D eigenvalue weighted by Crippen LogP contribution is -2.43. The Morgan fingerprint density at radius 2 is 2.03 bits per heavy atom. The summed E-state index contributed by atoms with van der Waals surface area (Å²) in [6.45, 7) is 2.26. The van der Waals surface area contributed by atoms with Crippen molar-refractivity contribution in [1.82, 2.24) is 19.5 Å². The summed E-state index contributed by atoms with van der Waals surface area (Å²) in [5.41, 5.74) is 0.739. The standard InChI is InChI=1S/C25H27F3N4O4S/c1-16-10-21(36-14-24(23(33)34)6-3-7-24)30-12-18(16)17-4-5-19(29-11-17)22-31-20(25(26,27)28)13-32(22)15-35-8-9-37-2/h4-5,10-13H,3,6-9,14-15H2,1-2H3,(H,33,34). The van der Waals surface area contributed by atoms with Crippen molar-refractivity contribution >= 4 is 17.7 Å². The molecule has 0 saturated heterocycles. The Kier molecular flexibility index (Phi) is 8.08. The number of nitrogens with zero attached hydrogens (tertiary/aromatic N) is 4. The molecule has 12 heteroatoms. The van der Waals surface area contributed by atoms with Gasteiger partial charge in [0.25, 0.3) is 0 Å². The van der Waals surface area contributed by atoms with Crippen LogP contribution in [0, 0.1) is 12.3 Å². The molecule has 3 heterocycles. The largest absolute Gasteiger partial charge is 0.481 e. The second-order valence-electron chi connectivity index (χ2n) is 8.94. The third-order valence-electron chi connectivity index (χ3n) is 6.38. The van der Waals surface area contributed by atoms with E-state index in [0.29, 0.717) is 30.9 Å². The first-order valence-electron chi connectivity index (χ1n) is 11.6. The van der Waals surface area contributed by atoms with E-state index in [0.717, 1.165) is 29.5 Å². The Hall–Kier alpha value is -3.12. The summed E-state index contributed by atoms with van der Waals surface area (Å²) in [6, 6.07) is 5.07. The predicted octanol–water partition coefficient (Wildman–Crippen LogP) is 5.31. The molecule has 0 atom stereocenters. The molecule has 0 radical (unpaired) electrons. The molecule has 1 saturated carbocycles. The molecule has 1 fully saturated rings. The second kappa shape index (κ2) is 11.1. The number of carboxylic acid groups (broad SMARTS) is 1. The average molecular weight is 537 g/mol. The number of aryl methyl sites for hydroxylation is 1. The number of rotatable bonds is 11. The van der Waals surface area contributed by atoms with Crippen LogP contribution in [0.5, 0.6) is 5.88 Å². The number of ether oxygens (including phenoxy) is 2. The SMILES string of the molecule is CSCCOCn1cc(C(F)(F)F)nc1-c1ccc(-c2cnc(OCC3(C(=O)O)CCC3)cc2C)cn1. The number of imidazole rings is 1. The molecule has 1 N–H and O–H groups in total. The van der Waals surface area contributed by atoms with E-state index in [1.165, 1.54) is 4.57 Å². The predicted molar refractivity (Wildman–Crippen MR) is 132 cm³/mol. The molecular formula is C25H27F3N4O4S. The highest BCUT2D eigenvalue weighted by Gasteiger charge is 2.45. The van der Waals surface area contributed by atoms with Crippen LogP contribution in [0.15, 0.2) is 36.8 Å². The van der Waals surface area contributed by atoms with Gasteiger partial charge >= 0.3 is 12.1 Å². The fourth-order valence-corrected chi connectivity index (χ4v) is 4.28. The maximum Gasteiger partial charge on any atom is 0.434 e. The first kappa shape index (κ1) is 26.9. The highest BCUT2D eigenvalue weighted by molar-refractivity contribution is 7.98. The lowest BCUT2D eigenvalue weighted by molar-refractivity contribution is -0.157. The normalized spacial score (nSPS) is 14.8. The molecule has 0 bridgehead atoms. The Bertz CT molecular complexity index is 1240. The van der Waals surface area contributed by atoms with Crippen LogP contribution < -0.4 is 4.74 Å². The van der Waals surface area contributed by atoms with Crippen LogP contribution >= 0.6 is 11.8 Å². The third-order valence-corrected chi connectivity index (χ3v) is 6.95. The summed E-state index contributed by atoms with van der Waals surface area (Å²) in [5, 5.41) is 9.46. The molecule has 8 nitrogen and oxygen atoms in total. The first-order chi connectivity index (χ1) is 17.6. The summed E-state index contributed by atoms with van der Waals surface area (Å²) < 4.78 is 52.4. The molecule has 1 aliphatic carbocycles. The fourth-order valence-electron chi connectivity index (χ4n) is 3.99. The number of hydrogen-bond acceptors (Lipinski definition) is 7. The molecule has 4 rings (SSSR count). The van der Waals surface area contributed by atoms with E-state index >= 15 is 0 Å². The van der Waals surface area contributed by atoms with Crippen molar-refractivity contribution in [1.29, 1.82) is 0 Å². The Morgan fingerprint density at radius 1 is 1.24 bits per heavy atom.